The molecule has 0 saturated carbocycles. The first kappa shape index (κ1) is 17.6. The molecule has 1 aromatic rings. The number of ether oxygens (including phenoxy) is 1. The minimum absolute atomic E-state index is 0.315. The summed E-state index contributed by atoms with van der Waals surface area (Å²) < 4.78 is 6.41. The van der Waals surface area contributed by atoms with Gasteiger partial charge < -0.3 is 20.7 Å². The minimum Gasteiger partial charge on any atom is -0.473 e. The highest BCUT2D eigenvalue weighted by atomic mass is 16.6. The van der Waals surface area contributed by atoms with Crippen molar-refractivity contribution in [3.8, 4) is 0 Å². The minimum atomic E-state index is -1.82. The second-order valence-corrected chi connectivity index (χ2v) is 4.57. The molecule has 0 amide bonds. The molecule has 0 aliphatic heterocycles. The van der Waals surface area contributed by atoms with Crippen LogP contribution < -0.4 is 5.73 Å². The molecule has 0 radical (unpaired) electrons. The molecular weight excluding hydrogens is 270 g/mol. The molecule has 112 valence electrons. The summed E-state index contributed by atoms with van der Waals surface area (Å²) in [4.78, 5) is 33.6. The first-order chi connectivity index (χ1) is 9.06. The number of aliphatic carboxylic acids is 2. The smallest absolute Gasteiger partial charge is 0.419 e. The fourth-order valence-electron chi connectivity index (χ4n) is 0.883. The molecule has 0 saturated heterocycles. The molecule has 0 unspecified atom stereocenters. The Bertz CT molecular complexity index is 477. The largest absolute Gasteiger partial charge is 0.473 e. The molecule has 9 heteroatoms. The van der Waals surface area contributed by atoms with Crippen LogP contribution in [0, 0.1) is 0 Å². The van der Waals surface area contributed by atoms with E-state index < -0.39 is 23.6 Å². The van der Waals surface area contributed by atoms with Gasteiger partial charge in [-0.05, 0) is 20.8 Å². The topological polar surface area (TPSA) is 145 Å². The summed E-state index contributed by atoms with van der Waals surface area (Å²) in [6, 6.07) is 0. The Morgan fingerprint density at radius 3 is 2.10 bits per heavy atom. The molecule has 20 heavy (non-hydrogen) atoms. The maximum absolute atomic E-state index is 11.4. The highest BCUT2D eigenvalue weighted by Gasteiger charge is 2.17. The lowest BCUT2D eigenvalue weighted by Crippen LogP contribution is -2.26. The van der Waals surface area contributed by atoms with E-state index >= 15 is 0 Å². The molecule has 0 aliphatic rings. The number of carboxylic acid groups (broad SMARTS) is 2. The zero-order chi connectivity index (χ0) is 15.9. The average molecular weight is 287 g/mol. The molecule has 0 aromatic carbocycles. The number of carboxylic acids is 2. The Morgan fingerprint density at radius 2 is 1.80 bits per heavy atom. The number of nitrogens with two attached hydrogens (primary N) is 1. The van der Waals surface area contributed by atoms with Gasteiger partial charge in [0, 0.05) is 12.7 Å². The van der Waals surface area contributed by atoms with E-state index in [2.05, 4.69) is 4.98 Å². The summed E-state index contributed by atoms with van der Waals surface area (Å²) in [5.74, 6) is -3.65. The molecule has 0 atom stereocenters. The van der Waals surface area contributed by atoms with Crippen molar-refractivity contribution in [2.45, 2.75) is 32.9 Å². The van der Waals surface area contributed by atoms with E-state index in [1.54, 1.807) is 6.20 Å². The van der Waals surface area contributed by atoms with Gasteiger partial charge in [-0.25, -0.2) is 23.9 Å². The van der Waals surface area contributed by atoms with E-state index in [1.807, 2.05) is 20.8 Å². The Balaban J connectivity index is 0.000000511. The van der Waals surface area contributed by atoms with Crippen molar-refractivity contribution >= 4 is 18.0 Å². The third-order valence-corrected chi connectivity index (χ3v) is 1.63. The predicted molar refractivity (Wildman–Crippen MR) is 67.0 cm³/mol. The van der Waals surface area contributed by atoms with Crippen LogP contribution in [0.1, 0.15) is 26.5 Å². The van der Waals surface area contributed by atoms with E-state index in [0.717, 1.165) is 0 Å². The lowest BCUT2D eigenvalue weighted by Gasteiger charge is -2.18. The molecule has 0 bridgehead atoms. The Morgan fingerprint density at radius 1 is 1.30 bits per heavy atom. The van der Waals surface area contributed by atoms with Crippen LogP contribution in [0.2, 0.25) is 0 Å². The zero-order valence-corrected chi connectivity index (χ0v) is 11.4. The predicted octanol–water partition coefficient (Wildman–Crippen LogP) is 0.281. The van der Waals surface area contributed by atoms with Crippen molar-refractivity contribution in [1.82, 2.24) is 9.55 Å². The SMILES string of the molecule is CC(C)(C)OC(=O)n1cnc(CN)c1.O=C(O)C(=O)O. The monoisotopic (exact) mass is 287 g/mol. The number of carbonyl (C=O) groups excluding carboxylic acids is 1. The van der Waals surface area contributed by atoms with Gasteiger partial charge in [0.1, 0.15) is 11.9 Å². The number of rotatable bonds is 1. The number of hydrogen-bond donors (Lipinski definition) is 3. The van der Waals surface area contributed by atoms with Crippen molar-refractivity contribution in [3.05, 3.63) is 18.2 Å². The number of nitrogens with zero attached hydrogens (tertiary/aromatic N) is 2. The average Bonchev–Trinajstić information content (AvgIpc) is 2.75. The molecule has 0 aliphatic carbocycles. The highest BCUT2D eigenvalue weighted by Crippen LogP contribution is 2.09. The molecular formula is C11H17N3O6. The highest BCUT2D eigenvalue weighted by molar-refractivity contribution is 6.27. The van der Waals surface area contributed by atoms with Gasteiger partial charge >= 0.3 is 18.0 Å². The van der Waals surface area contributed by atoms with Crippen LogP contribution in [-0.4, -0.2) is 43.4 Å². The molecule has 1 heterocycles. The van der Waals surface area contributed by atoms with Crippen LogP contribution >= 0.6 is 0 Å². The van der Waals surface area contributed by atoms with Gasteiger partial charge in [-0.15, -0.1) is 0 Å². The third kappa shape index (κ3) is 7.11. The number of aromatic nitrogens is 2. The van der Waals surface area contributed by atoms with Crippen LogP contribution in [0.5, 0.6) is 0 Å². The van der Waals surface area contributed by atoms with E-state index in [9.17, 15) is 4.79 Å². The summed E-state index contributed by atoms with van der Waals surface area (Å²) in [5, 5.41) is 14.8. The van der Waals surface area contributed by atoms with E-state index in [1.165, 1.54) is 10.9 Å². The maximum atomic E-state index is 11.4. The van der Waals surface area contributed by atoms with Crippen molar-refractivity contribution < 1.29 is 29.3 Å². The van der Waals surface area contributed by atoms with Crippen LogP contribution in [-0.2, 0) is 20.9 Å². The summed E-state index contributed by atoms with van der Waals surface area (Å²) >= 11 is 0. The molecule has 1 aromatic heterocycles. The summed E-state index contributed by atoms with van der Waals surface area (Å²) in [6.45, 7) is 5.75. The number of carbonyl (C=O) groups is 3. The second kappa shape index (κ2) is 7.24. The lowest BCUT2D eigenvalue weighted by atomic mass is 10.2. The quantitative estimate of drug-likeness (QED) is 0.624. The van der Waals surface area contributed by atoms with Crippen molar-refractivity contribution in [3.63, 3.8) is 0 Å². The van der Waals surface area contributed by atoms with Gasteiger partial charge in [0.2, 0.25) is 0 Å². The van der Waals surface area contributed by atoms with E-state index in [-0.39, 0.29) is 0 Å². The van der Waals surface area contributed by atoms with E-state index in [0.29, 0.717) is 12.2 Å². The van der Waals surface area contributed by atoms with Crippen molar-refractivity contribution in [2.75, 3.05) is 0 Å². The normalized spacial score (nSPS) is 10.2. The number of imidazole rings is 1. The Hall–Kier alpha value is -2.42. The number of hydrogen-bond acceptors (Lipinski definition) is 6. The zero-order valence-electron chi connectivity index (χ0n) is 11.4. The fraction of sp³-hybridized carbons (Fsp3) is 0.455. The lowest BCUT2D eigenvalue weighted by molar-refractivity contribution is -0.159. The molecule has 1 rings (SSSR count). The van der Waals surface area contributed by atoms with Gasteiger partial charge in [-0.2, -0.15) is 0 Å². The first-order valence-electron chi connectivity index (χ1n) is 5.49. The first-order valence-corrected chi connectivity index (χ1v) is 5.49. The van der Waals surface area contributed by atoms with Gasteiger partial charge in [-0.1, -0.05) is 0 Å². The van der Waals surface area contributed by atoms with Crippen molar-refractivity contribution in [2.24, 2.45) is 5.73 Å². The van der Waals surface area contributed by atoms with Crippen LogP contribution in [0.3, 0.4) is 0 Å². The second-order valence-electron chi connectivity index (χ2n) is 4.57. The van der Waals surface area contributed by atoms with Crippen LogP contribution in [0.4, 0.5) is 4.79 Å². The van der Waals surface area contributed by atoms with Gasteiger partial charge in [0.25, 0.3) is 0 Å². The van der Waals surface area contributed by atoms with E-state index in [4.69, 9.17) is 30.3 Å². The maximum Gasteiger partial charge on any atom is 0.419 e. The third-order valence-electron chi connectivity index (χ3n) is 1.63. The summed E-state index contributed by atoms with van der Waals surface area (Å²) in [7, 11) is 0. The fourth-order valence-corrected chi connectivity index (χ4v) is 0.883. The summed E-state index contributed by atoms with van der Waals surface area (Å²) in [6.07, 6.45) is 2.52. The standard InChI is InChI=1S/C9H15N3O2.C2H2O4/c1-9(2,3)14-8(13)12-5-7(4-10)11-6-12;3-1(4)2(5)6/h5-6H,4,10H2,1-3H3;(H,3,4)(H,5,6). The Kier molecular flexibility index (Phi) is 6.36. The van der Waals surface area contributed by atoms with Gasteiger partial charge in [-0.3, -0.25) is 0 Å². The molecule has 0 fully saturated rings. The van der Waals surface area contributed by atoms with Gasteiger partial charge in [0.05, 0.1) is 5.69 Å². The molecule has 4 N–H and O–H groups in total. The van der Waals surface area contributed by atoms with Crippen molar-refractivity contribution in [1.29, 1.82) is 0 Å². The molecule has 0 spiro atoms. The van der Waals surface area contributed by atoms with Crippen LogP contribution in [0.25, 0.3) is 0 Å². The Labute approximate surface area is 115 Å². The summed E-state index contributed by atoms with van der Waals surface area (Å²) in [5.41, 5.74) is 5.53. The van der Waals surface area contributed by atoms with Crippen LogP contribution in [0.15, 0.2) is 12.5 Å². The molecule has 9 nitrogen and oxygen atoms in total. The van der Waals surface area contributed by atoms with Gasteiger partial charge in [0.15, 0.2) is 0 Å².